The molecule has 0 unspecified atom stereocenters. The third-order valence-corrected chi connectivity index (χ3v) is 12.5. The molecular formula is C55H37NO2. The van der Waals surface area contributed by atoms with E-state index in [2.05, 4.69) is 201 Å². The molecule has 0 atom stereocenters. The third kappa shape index (κ3) is 4.74. The fourth-order valence-electron chi connectivity index (χ4n) is 9.67. The Balaban J connectivity index is 1.10. The second kappa shape index (κ2) is 12.3. The summed E-state index contributed by atoms with van der Waals surface area (Å²) in [6.07, 6.45) is 0. The zero-order valence-corrected chi connectivity index (χ0v) is 32.2. The van der Waals surface area contributed by atoms with Gasteiger partial charge in [0.1, 0.15) is 22.3 Å². The third-order valence-electron chi connectivity index (χ3n) is 12.5. The largest absolute Gasteiger partial charge is 0.456 e. The van der Waals surface area contributed by atoms with E-state index in [0.717, 1.165) is 82.8 Å². The second-order valence-electron chi connectivity index (χ2n) is 16.0. The fourth-order valence-corrected chi connectivity index (χ4v) is 9.67. The first-order valence-electron chi connectivity index (χ1n) is 20.0. The Morgan fingerprint density at radius 2 is 1.00 bits per heavy atom. The van der Waals surface area contributed by atoms with E-state index < -0.39 is 0 Å². The summed E-state index contributed by atoms with van der Waals surface area (Å²) in [6, 6.07) is 67.5. The lowest BCUT2D eigenvalue weighted by molar-refractivity contribution is 0.660. The van der Waals surface area contributed by atoms with E-state index in [1.807, 2.05) is 6.07 Å². The molecule has 1 aliphatic carbocycles. The minimum atomic E-state index is -0.0965. The van der Waals surface area contributed by atoms with Gasteiger partial charge >= 0.3 is 0 Å². The highest BCUT2D eigenvalue weighted by atomic mass is 16.3. The van der Waals surface area contributed by atoms with Crippen molar-refractivity contribution in [1.82, 2.24) is 0 Å². The predicted octanol–water partition coefficient (Wildman–Crippen LogP) is 15.7. The van der Waals surface area contributed by atoms with E-state index in [1.165, 1.54) is 33.4 Å². The maximum Gasteiger partial charge on any atom is 0.143 e. The minimum absolute atomic E-state index is 0.0965. The van der Waals surface area contributed by atoms with Crippen LogP contribution in [0.25, 0.3) is 88.0 Å². The standard InChI is InChI=1S/C55H37NO2/c1-55(2)46-22-10-8-16-39(46)40-31-28-36(32-47(40)55)38-20-12-21-43-45-33-49(41-17-6-7-18-42(41)54(45)58-53(38)43)56(37-29-26-35(27-30-37)34-14-4-3-5-15-34)48-23-13-25-51-52(48)44-19-9-11-24-50(44)57-51/h3-33H,1-2H3. The first kappa shape index (κ1) is 32.8. The van der Waals surface area contributed by atoms with Crippen molar-refractivity contribution in [3.05, 3.63) is 199 Å². The first-order valence-corrected chi connectivity index (χ1v) is 20.0. The first-order chi connectivity index (χ1) is 28.5. The number of furan rings is 2. The lowest BCUT2D eigenvalue weighted by Gasteiger charge is -2.28. The Bertz CT molecular complexity index is 3420. The van der Waals surface area contributed by atoms with Crippen LogP contribution in [0.15, 0.2) is 197 Å². The van der Waals surface area contributed by atoms with E-state index >= 15 is 0 Å². The van der Waals surface area contributed by atoms with E-state index in [4.69, 9.17) is 8.83 Å². The molecule has 0 bridgehead atoms. The Morgan fingerprint density at radius 3 is 1.86 bits per heavy atom. The summed E-state index contributed by atoms with van der Waals surface area (Å²) < 4.78 is 13.5. The minimum Gasteiger partial charge on any atom is -0.456 e. The van der Waals surface area contributed by atoms with Crippen LogP contribution in [0.1, 0.15) is 25.0 Å². The van der Waals surface area contributed by atoms with Crippen LogP contribution < -0.4 is 4.90 Å². The Hall–Kier alpha value is -7.36. The molecule has 9 aromatic carbocycles. The molecule has 274 valence electrons. The van der Waals surface area contributed by atoms with Crippen molar-refractivity contribution in [3.63, 3.8) is 0 Å². The summed E-state index contributed by atoms with van der Waals surface area (Å²) in [4.78, 5) is 2.41. The van der Waals surface area contributed by atoms with Gasteiger partial charge in [-0.25, -0.2) is 0 Å². The van der Waals surface area contributed by atoms with Crippen molar-refractivity contribution in [3.8, 4) is 33.4 Å². The molecule has 0 amide bonds. The highest BCUT2D eigenvalue weighted by Crippen LogP contribution is 2.52. The summed E-state index contributed by atoms with van der Waals surface area (Å²) >= 11 is 0. The van der Waals surface area contributed by atoms with Gasteiger partial charge in [0, 0.05) is 43.6 Å². The highest BCUT2D eigenvalue weighted by Gasteiger charge is 2.35. The SMILES string of the molecule is CC1(C)c2ccccc2-c2ccc(-c3cccc4c3oc3c5ccccc5c(N(c5ccc(-c6ccccc6)cc5)c5cccc6oc7ccccc7c56)cc43)cc21. The van der Waals surface area contributed by atoms with Gasteiger partial charge in [0.15, 0.2) is 0 Å². The number of anilines is 3. The molecule has 1 aliphatic rings. The lowest BCUT2D eigenvalue weighted by atomic mass is 9.81. The molecule has 3 heteroatoms. The van der Waals surface area contributed by atoms with Crippen LogP contribution in [-0.2, 0) is 5.41 Å². The summed E-state index contributed by atoms with van der Waals surface area (Å²) in [5.74, 6) is 0. The van der Waals surface area contributed by atoms with Crippen LogP contribution in [0.5, 0.6) is 0 Å². The fraction of sp³-hybridized carbons (Fsp3) is 0.0545. The van der Waals surface area contributed by atoms with Crippen LogP contribution in [-0.4, -0.2) is 0 Å². The van der Waals surface area contributed by atoms with Crippen LogP contribution in [0.2, 0.25) is 0 Å². The summed E-state index contributed by atoms with van der Waals surface area (Å²) in [5, 5.41) is 6.50. The van der Waals surface area contributed by atoms with E-state index in [1.54, 1.807) is 0 Å². The number of para-hydroxylation sites is 2. The number of hydrogen-bond donors (Lipinski definition) is 0. The van der Waals surface area contributed by atoms with Gasteiger partial charge in [0.25, 0.3) is 0 Å². The van der Waals surface area contributed by atoms with Crippen LogP contribution >= 0.6 is 0 Å². The topological polar surface area (TPSA) is 29.5 Å². The smallest absolute Gasteiger partial charge is 0.143 e. The van der Waals surface area contributed by atoms with Gasteiger partial charge in [0.05, 0.1) is 16.8 Å². The number of hydrogen-bond acceptors (Lipinski definition) is 3. The Labute approximate surface area is 336 Å². The second-order valence-corrected chi connectivity index (χ2v) is 16.0. The lowest BCUT2D eigenvalue weighted by Crippen LogP contribution is -2.14. The van der Waals surface area contributed by atoms with Gasteiger partial charge < -0.3 is 13.7 Å². The number of nitrogens with zero attached hydrogens (tertiary/aromatic N) is 1. The molecule has 3 nitrogen and oxygen atoms in total. The van der Waals surface area contributed by atoms with Crippen molar-refractivity contribution in [2.24, 2.45) is 0 Å². The molecule has 0 N–H and O–H groups in total. The van der Waals surface area contributed by atoms with Crippen LogP contribution in [0.4, 0.5) is 17.1 Å². The summed E-state index contributed by atoms with van der Waals surface area (Å²) in [6.45, 7) is 4.68. The average molecular weight is 744 g/mol. The number of rotatable bonds is 5. The number of fused-ring (bicyclic) bond motifs is 11. The van der Waals surface area contributed by atoms with Crippen LogP contribution in [0, 0.1) is 0 Å². The molecule has 0 saturated heterocycles. The molecule has 2 aromatic heterocycles. The average Bonchev–Trinajstić information content (AvgIpc) is 3.92. The Morgan fingerprint density at radius 1 is 0.379 bits per heavy atom. The van der Waals surface area contributed by atoms with Gasteiger partial charge in [-0.2, -0.15) is 0 Å². The molecular weight excluding hydrogens is 707 g/mol. The maximum absolute atomic E-state index is 7.08. The molecule has 11 aromatic rings. The van der Waals surface area contributed by atoms with Crippen molar-refractivity contribution < 1.29 is 8.83 Å². The quantitative estimate of drug-likeness (QED) is 0.176. The molecule has 0 saturated carbocycles. The van der Waals surface area contributed by atoms with Crippen molar-refractivity contribution in [2.75, 3.05) is 4.90 Å². The van der Waals surface area contributed by atoms with Crippen molar-refractivity contribution in [2.45, 2.75) is 19.3 Å². The zero-order valence-electron chi connectivity index (χ0n) is 32.2. The molecule has 2 heterocycles. The number of benzene rings is 9. The van der Waals surface area contributed by atoms with Gasteiger partial charge in [-0.3, -0.25) is 0 Å². The van der Waals surface area contributed by atoms with E-state index in [-0.39, 0.29) is 5.41 Å². The molecule has 0 radical (unpaired) electrons. The van der Waals surface area contributed by atoms with E-state index in [9.17, 15) is 0 Å². The molecule has 0 aliphatic heterocycles. The predicted molar refractivity (Wildman–Crippen MR) is 242 cm³/mol. The van der Waals surface area contributed by atoms with Gasteiger partial charge in [-0.15, -0.1) is 0 Å². The van der Waals surface area contributed by atoms with Crippen LogP contribution in [0.3, 0.4) is 0 Å². The molecule has 0 fully saturated rings. The maximum atomic E-state index is 7.08. The Kier molecular flexibility index (Phi) is 6.98. The molecule has 0 spiro atoms. The van der Waals surface area contributed by atoms with Gasteiger partial charge in [0.2, 0.25) is 0 Å². The monoisotopic (exact) mass is 743 g/mol. The van der Waals surface area contributed by atoms with Crippen molar-refractivity contribution >= 4 is 71.7 Å². The summed E-state index contributed by atoms with van der Waals surface area (Å²) in [7, 11) is 0. The van der Waals surface area contributed by atoms with E-state index in [0.29, 0.717) is 0 Å². The molecule has 58 heavy (non-hydrogen) atoms. The summed E-state index contributed by atoms with van der Waals surface area (Å²) in [5.41, 5.74) is 16.6. The zero-order chi connectivity index (χ0) is 38.5. The van der Waals surface area contributed by atoms with Gasteiger partial charge in [-0.1, -0.05) is 159 Å². The van der Waals surface area contributed by atoms with Crippen molar-refractivity contribution in [1.29, 1.82) is 0 Å². The highest BCUT2D eigenvalue weighted by molar-refractivity contribution is 6.22. The van der Waals surface area contributed by atoms with Gasteiger partial charge in [-0.05, 0) is 81.4 Å². The molecule has 12 rings (SSSR count). The normalized spacial score (nSPS) is 13.1.